The number of carbonyl (C=O) groups is 2. The lowest BCUT2D eigenvalue weighted by molar-refractivity contribution is -0.126. The summed E-state index contributed by atoms with van der Waals surface area (Å²) in [5.74, 6) is 1.22. The van der Waals surface area contributed by atoms with E-state index in [2.05, 4.69) is 4.98 Å². The van der Waals surface area contributed by atoms with Crippen molar-refractivity contribution < 1.29 is 19.1 Å². The smallest absolute Gasteiger partial charge is 0.247 e. The van der Waals surface area contributed by atoms with Gasteiger partial charge in [0.15, 0.2) is 5.13 Å². The second-order valence-electron chi connectivity index (χ2n) is 7.88. The van der Waals surface area contributed by atoms with Gasteiger partial charge in [0.2, 0.25) is 11.8 Å². The van der Waals surface area contributed by atoms with Gasteiger partial charge in [-0.3, -0.25) is 14.5 Å². The predicted molar refractivity (Wildman–Crippen MR) is 134 cm³/mol. The number of benzene rings is 2. The predicted octanol–water partition coefficient (Wildman–Crippen LogP) is 5.22. The van der Waals surface area contributed by atoms with Gasteiger partial charge in [0.1, 0.15) is 11.5 Å². The fourth-order valence-electron chi connectivity index (χ4n) is 4.16. The van der Waals surface area contributed by atoms with Crippen molar-refractivity contribution in [2.24, 2.45) is 0 Å². The van der Waals surface area contributed by atoms with E-state index in [4.69, 9.17) is 9.47 Å². The van der Waals surface area contributed by atoms with Crippen molar-refractivity contribution in [2.75, 3.05) is 25.7 Å². The number of rotatable bonds is 7. The quantitative estimate of drug-likeness (QED) is 0.436. The van der Waals surface area contributed by atoms with Crippen molar-refractivity contribution in [3.63, 3.8) is 0 Å². The number of aromatic nitrogens is 1. The first kappa shape index (κ1) is 23.5. The monoisotopic (exact) mass is 477 g/mol. The maximum atomic E-state index is 13.1. The summed E-state index contributed by atoms with van der Waals surface area (Å²) < 4.78 is 10.9. The van der Waals surface area contributed by atoms with Crippen LogP contribution in [0.15, 0.2) is 60.0 Å². The van der Waals surface area contributed by atoms with Gasteiger partial charge in [-0.1, -0.05) is 18.2 Å². The summed E-state index contributed by atoms with van der Waals surface area (Å²) in [5, 5.41) is 2.40. The van der Waals surface area contributed by atoms with E-state index in [-0.39, 0.29) is 17.9 Å². The highest BCUT2D eigenvalue weighted by Crippen LogP contribution is 2.39. The molecule has 7 nitrogen and oxygen atoms in total. The van der Waals surface area contributed by atoms with Gasteiger partial charge < -0.3 is 14.4 Å². The SMILES string of the molecule is COc1ccc(C2CCCN2C(=O)/C=C/c2csc(N(C(C)=O)c3ccccc3)n2)c(OC)c1. The number of amides is 2. The number of anilines is 2. The van der Waals surface area contributed by atoms with Gasteiger partial charge in [0.25, 0.3) is 0 Å². The Balaban J connectivity index is 1.51. The second-order valence-corrected chi connectivity index (χ2v) is 8.71. The van der Waals surface area contributed by atoms with Crippen LogP contribution in [0.5, 0.6) is 11.5 Å². The molecule has 2 aromatic carbocycles. The molecular formula is C26H27N3O4S. The molecule has 0 radical (unpaired) electrons. The van der Waals surface area contributed by atoms with Crippen LogP contribution in [0.2, 0.25) is 0 Å². The Bertz CT molecular complexity index is 1190. The first-order valence-electron chi connectivity index (χ1n) is 11.0. The zero-order valence-electron chi connectivity index (χ0n) is 19.4. The van der Waals surface area contributed by atoms with E-state index in [1.54, 1.807) is 31.3 Å². The number of ether oxygens (including phenoxy) is 2. The van der Waals surface area contributed by atoms with Crippen molar-refractivity contribution in [1.29, 1.82) is 0 Å². The topological polar surface area (TPSA) is 72.0 Å². The molecule has 1 aromatic heterocycles. The maximum absolute atomic E-state index is 13.1. The summed E-state index contributed by atoms with van der Waals surface area (Å²) in [6, 6.07) is 15.0. The van der Waals surface area contributed by atoms with Crippen LogP contribution in [0.25, 0.3) is 6.08 Å². The number of thiazole rings is 1. The number of carbonyl (C=O) groups excluding carboxylic acids is 2. The van der Waals surface area contributed by atoms with E-state index in [0.29, 0.717) is 28.9 Å². The standard InChI is InChI=1S/C26H27N3O4S/c1-18(30)29(20-8-5-4-6-9-20)26-27-19(17-34-26)11-14-25(31)28-15-7-10-23(28)22-13-12-21(32-2)16-24(22)33-3/h4-6,8-9,11-14,16-17,23H,7,10,15H2,1-3H3/b14-11+. The van der Waals surface area contributed by atoms with E-state index < -0.39 is 0 Å². The Morgan fingerprint density at radius 2 is 1.94 bits per heavy atom. The van der Waals surface area contributed by atoms with Crippen LogP contribution in [0.1, 0.15) is 37.1 Å². The molecule has 3 aromatic rings. The molecule has 1 saturated heterocycles. The highest BCUT2D eigenvalue weighted by molar-refractivity contribution is 7.14. The molecule has 0 bridgehead atoms. The van der Waals surface area contributed by atoms with Gasteiger partial charge >= 0.3 is 0 Å². The van der Waals surface area contributed by atoms with E-state index in [0.717, 1.165) is 24.1 Å². The molecule has 2 amide bonds. The fourth-order valence-corrected chi connectivity index (χ4v) is 5.01. The fraction of sp³-hybridized carbons (Fsp3) is 0.269. The molecule has 1 aliphatic heterocycles. The summed E-state index contributed by atoms with van der Waals surface area (Å²) in [4.78, 5) is 33.3. The largest absolute Gasteiger partial charge is 0.497 e. The number of likely N-dealkylation sites (tertiary alicyclic amines) is 1. The zero-order chi connectivity index (χ0) is 24.1. The third-order valence-electron chi connectivity index (χ3n) is 5.76. The second kappa shape index (κ2) is 10.5. The van der Waals surface area contributed by atoms with Crippen molar-refractivity contribution in [2.45, 2.75) is 25.8 Å². The molecule has 176 valence electrons. The van der Waals surface area contributed by atoms with Gasteiger partial charge in [0, 0.05) is 36.6 Å². The summed E-state index contributed by atoms with van der Waals surface area (Å²) in [6.07, 6.45) is 5.04. The Labute approximate surface area is 203 Å². The zero-order valence-corrected chi connectivity index (χ0v) is 20.2. The highest BCUT2D eigenvalue weighted by atomic mass is 32.1. The summed E-state index contributed by atoms with van der Waals surface area (Å²) in [6.45, 7) is 2.19. The Morgan fingerprint density at radius 1 is 1.15 bits per heavy atom. The van der Waals surface area contributed by atoms with Crippen LogP contribution in [0.3, 0.4) is 0 Å². The molecule has 0 aliphatic carbocycles. The van der Waals surface area contributed by atoms with Crippen LogP contribution in [0.4, 0.5) is 10.8 Å². The molecule has 1 atom stereocenters. The molecule has 2 heterocycles. The lowest BCUT2D eigenvalue weighted by atomic mass is 10.0. The minimum atomic E-state index is -0.125. The average molecular weight is 478 g/mol. The minimum absolute atomic E-state index is 0.0599. The number of para-hydroxylation sites is 1. The van der Waals surface area contributed by atoms with Gasteiger partial charge in [-0.15, -0.1) is 11.3 Å². The first-order chi connectivity index (χ1) is 16.5. The molecular weight excluding hydrogens is 450 g/mol. The van der Waals surface area contributed by atoms with Crippen molar-refractivity contribution in [1.82, 2.24) is 9.88 Å². The van der Waals surface area contributed by atoms with E-state index in [1.807, 2.05) is 58.8 Å². The molecule has 4 rings (SSSR count). The highest BCUT2D eigenvalue weighted by Gasteiger charge is 2.31. The number of hydrogen-bond donors (Lipinski definition) is 0. The van der Waals surface area contributed by atoms with Gasteiger partial charge in [0.05, 0.1) is 31.6 Å². The summed E-state index contributed by atoms with van der Waals surface area (Å²) in [7, 11) is 3.24. The third kappa shape index (κ3) is 4.97. The van der Waals surface area contributed by atoms with E-state index in [1.165, 1.54) is 18.3 Å². The Morgan fingerprint density at radius 3 is 2.65 bits per heavy atom. The lowest BCUT2D eigenvalue weighted by Crippen LogP contribution is -2.29. The molecule has 1 fully saturated rings. The third-order valence-corrected chi connectivity index (χ3v) is 6.61. The van der Waals surface area contributed by atoms with Crippen LogP contribution < -0.4 is 14.4 Å². The number of methoxy groups -OCH3 is 2. The summed E-state index contributed by atoms with van der Waals surface area (Å²) in [5.41, 5.74) is 2.36. The first-order valence-corrected chi connectivity index (χ1v) is 11.9. The van der Waals surface area contributed by atoms with Crippen LogP contribution in [-0.4, -0.2) is 42.5 Å². The molecule has 0 saturated carbocycles. The maximum Gasteiger partial charge on any atom is 0.247 e. The summed E-state index contributed by atoms with van der Waals surface area (Å²) >= 11 is 1.36. The Hall–Kier alpha value is -3.65. The van der Waals surface area contributed by atoms with Gasteiger partial charge in [-0.25, -0.2) is 4.98 Å². The minimum Gasteiger partial charge on any atom is -0.497 e. The van der Waals surface area contributed by atoms with Gasteiger partial charge in [-0.2, -0.15) is 0 Å². The normalized spacial score (nSPS) is 15.5. The van der Waals surface area contributed by atoms with Crippen molar-refractivity contribution in [3.05, 3.63) is 71.2 Å². The lowest BCUT2D eigenvalue weighted by Gasteiger charge is -2.25. The van der Waals surface area contributed by atoms with E-state index >= 15 is 0 Å². The average Bonchev–Trinajstić information content (AvgIpc) is 3.53. The van der Waals surface area contributed by atoms with Crippen LogP contribution in [0, 0.1) is 0 Å². The van der Waals surface area contributed by atoms with Crippen molar-refractivity contribution in [3.8, 4) is 11.5 Å². The molecule has 1 unspecified atom stereocenters. The molecule has 0 N–H and O–H groups in total. The number of nitrogens with zero attached hydrogens (tertiary/aromatic N) is 3. The van der Waals surface area contributed by atoms with Crippen LogP contribution in [-0.2, 0) is 9.59 Å². The van der Waals surface area contributed by atoms with Crippen molar-refractivity contribution >= 4 is 40.0 Å². The molecule has 1 aliphatic rings. The van der Waals surface area contributed by atoms with Gasteiger partial charge in [-0.05, 0) is 43.2 Å². The molecule has 34 heavy (non-hydrogen) atoms. The van der Waals surface area contributed by atoms with E-state index in [9.17, 15) is 9.59 Å². The van der Waals surface area contributed by atoms with Crippen LogP contribution >= 0.6 is 11.3 Å². The number of hydrogen-bond acceptors (Lipinski definition) is 6. The Kier molecular flexibility index (Phi) is 7.27. The molecule has 8 heteroatoms. The molecule has 0 spiro atoms.